The van der Waals surface area contributed by atoms with E-state index < -0.39 is 21.8 Å². The van der Waals surface area contributed by atoms with Gasteiger partial charge in [0.1, 0.15) is 4.90 Å². The lowest BCUT2D eigenvalue weighted by Crippen LogP contribution is -2.32. The minimum absolute atomic E-state index is 0.0403. The minimum atomic E-state index is -4.16. The molecule has 2 amide bonds. The van der Waals surface area contributed by atoms with Gasteiger partial charge in [0, 0.05) is 30.0 Å². The van der Waals surface area contributed by atoms with E-state index >= 15 is 0 Å². The van der Waals surface area contributed by atoms with Gasteiger partial charge in [-0.1, -0.05) is 44.0 Å². The van der Waals surface area contributed by atoms with Gasteiger partial charge in [0.2, 0.25) is 11.8 Å². The van der Waals surface area contributed by atoms with E-state index in [2.05, 4.69) is 15.0 Å². The summed E-state index contributed by atoms with van der Waals surface area (Å²) in [5.74, 6) is -2.37. The van der Waals surface area contributed by atoms with Crippen LogP contribution in [0.1, 0.15) is 54.9 Å². The number of unbranched alkanes of at least 4 members (excludes halogenated alkanes) is 1. The molecular formula is C25H28N4O5S. The normalized spacial score (nSPS) is 12.2. The smallest absolute Gasteiger partial charge is 0.264 e. The van der Waals surface area contributed by atoms with E-state index in [0.29, 0.717) is 23.7 Å². The molecule has 184 valence electrons. The molecular weight excluding hydrogens is 468 g/mol. The Balaban J connectivity index is 2.13. The number of hydrogen-bond donors (Lipinski definition) is 3. The van der Waals surface area contributed by atoms with Crippen LogP contribution in [0.2, 0.25) is 0 Å². The molecule has 0 saturated heterocycles. The average molecular weight is 497 g/mol. The molecule has 0 bridgehead atoms. The molecule has 0 aliphatic carbocycles. The van der Waals surface area contributed by atoms with Crippen molar-refractivity contribution >= 4 is 44.2 Å². The third kappa shape index (κ3) is 6.02. The molecule has 1 unspecified atom stereocenters. The molecule has 0 spiro atoms. The number of Topliss-reactive ketones (excluding diaryl/α,β-unsaturated/α-hetero) is 1. The van der Waals surface area contributed by atoms with E-state index in [9.17, 15) is 22.8 Å². The molecule has 4 N–H and O–H groups in total. The molecule has 0 fully saturated rings. The number of benzene rings is 2. The van der Waals surface area contributed by atoms with E-state index in [-0.39, 0.29) is 39.9 Å². The van der Waals surface area contributed by atoms with Crippen LogP contribution in [0, 0.1) is 0 Å². The third-order valence-electron chi connectivity index (χ3n) is 5.60. The Labute approximate surface area is 204 Å². The fourth-order valence-corrected chi connectivity index (χ4v) is 5.21. The molecule has 1 heterocycles. The Hall–Kier alpha value is -3.79. The van der Waals surface area contributed by atoms with Crippen LogP contribution in [-0.2, 0) is 19.6 Å². The number of anilines is 1. The summed E-state index contributed by atoms with van der Waals surface area (Å²) in [4.78, 5) is 41.0. The molecule has 2 aromatic carbocycles. The van der Waals surface area contributed by atoms with Gasteiger partial charge < -0.3 is 11.1 Å². The number of para-hydroxylation sites is 1. The van der Waals surface area contributed by atoms with Crippen molar-refractivity contribution in [1.82, 2.24) is 10.3 Å². The van der Waals surface area contributed by atoms with Gasteiger partial charge in [0.05, 0.1) is 17.7 Å². The first-order valence-corrected chi connectivity index (χ1v) is 12.7. The number of carbonyl (C=O) groups is 3. The van der Waals surface area contributed by atoms with Crippen LogP contribution in [0.25, 0.3) is 10.9 Å². The maximum Gasteiger partial charge on any atom is 0.264 e. The van der Waals surface area contributed by atoms with Gasteiger partial charge in [-0.2, -0.15) is 0 Å². The Kier molecular flexibility index (Phi) is 8.18. The maximum atomic E-state index is 13.5. The number of amides is 2. The average Bonchev–Trinajstić information content (AvgIpc) is 2.82. The molecule has 1 atom stereocenters. The van der Waals surface area contributed by atoms with Crippen molar-refractivity contribution in [3.63, 3.8) is 0 Å². The highest BCUT2D eigenvalue weighted by Gasteiger charge is 2.29. The monoisotopic (exact) mass is 496 g/mol. The van der Waals surface area contributed by atoms with Crippen molar-refractivity contribution < 1.29 is 22.8 Å². The molecule has 0 radical (unpaired) electrons. The summed E-state index contributed by atoms with van der Waals surface area (Å²) >= 11 is 0. The number of nitrogens with zero attached hydrogens (tertiary/aromatic N) is 1. The van der Waals surface area contributed by atoms with Crippen LogP contribution in [0.15, 0.2) is 59.6 Å². The topological polar surface area (TPSA) is 148 Å². The standard InChI is InChI=1S/C25H28N4O5S/c1-3-4-10-18(21(31)15-28-16(2)30)23-19(25(26)32)11-6-12-20(23)29-35(33,34)22-13-5-8-17-9-7-14-27-24(17)22/h5-9,11-14,18,29H,3-4,10,15H2,1-2H3,(H2,26,32)(H,28,30). The fraction of sp³-hybridized carbons (Fsp3) is 0.280. The van der Waals surface area contributed by atoms with Crippen molar-refractivity contribution in [2.75, 3.05) is 11.3 Å². The Morgan fingerprint density at radius 2 is 1.77 bits per heavy atom. The van der Waals surface area contributed by atoms with Gasteiger partial charge in [-0.05, 0) is 36.2 Å². The Morgan fingerprint density at radius 1 is 1.06 bits per heavy atom. The number of hydrogen-bond acceptors (Lipinski definition) is 6. The van der Waals surface area contributed by atoms with Crippen molar-refractivity contribution in [3.05, 3.63) is 65.9 Å². The number of rotatable bonds is 11. The van der Waals surface area contributed by atoms with E-state index in [0.717, 1.165) is 6.42 Å². The van der Waals surface area contributed by atoms with E-state index in [4.69, 9.17) is 5.73 Å². The lowest BCUT2D eigenvalue weighted by Gasteiger charge is -2.23. The quantitative estimate of drug-likeness (QED) is 0.371. The SMILES string of the molecule is CCCCC(C(=O)CNC(C)=O)c1c(NS(=O)(=O)c2cccc3cccnc23)cccc1C(N)=O. The maximum absolute atomic E-state index is 13.5. The summed E-state index contributed by atoms with van der Waals surface area (Å²) in [5.41, 5.74) is 6.22. The molecule has 35 heavy (non-hydrogen) atoms. The molecule has 3 aromatic rings. The summed E-state index contributed by atoms with van der Waals surface area (Å²) in [5, 5.41) is 3.13. The van der Waals surface area contributed by atoms with Crippen molar-refractivity contribution in [2.24, 2.45) is 5.73 Å². The van der Waals surface area contributed by atoms with Gasteiger partial charge >= 0.3 is 0 Å². The number of sulfonamides is 1. The summed E-state index contributed by atoms with van der Waals surface area (Å²) < 4.78 is 29.5. The van der Waals surface area contributed by atoms with Crippen LogP contribution in [0.5, 0.6) is 0 Å². The second-order valence-corrected chi connectivity index (χ2v) is 9.79. The zero-order chi connectivity index (χ0) is 25.6. The highest BCUT2D eigenvalue weighted by molar-refractivity contribution is 7.93. The number of nitrogens with one attached hydrogen (secondary N) is 2. The summed E-state index contributed by atoms with van der Waals surface area (Å²) in [6.07, 6.45) is 3.26. The zero-order valence-corrected chi connectivity index (χ0v) is 20.4. The second-order valence-electron chi connectivity index (χ2n) is 8.14. The van der Waals surface area contributed by atoms with Gasteiger partial charge in [-0.25, -0.2) is 8.42 Å². The Morgan fingerprint density at radius 3 is 2.46 bits per heavy atom. The number of aromatic nitrogens is 1. The third-order valence-corrected chi connectivity index (χ3v) is 6.99. The molecule has 0 saturated carbocycles. The largest absolute Gasteiger partial charge is 0.366 e. The van der Waals surface area contributed by atoms with Crippen molar-refractivity contribution in [2.45, 2.75) is 43.9 Å². The first-order valence-electron chi connectivity index (χ1n) is 11.2. The molecule has 10 heteroatoms. The second kappa shape index (κ2) is 11.1. The number of ketones is 1. The summed E-state index contributed by atoms with van der Waals surface area (Å²) in [6.45, 7) is 2.99. The lowest BCUT2D eigenvalue weighted by atomic mass is 9.85. The van der Waals surface area contributed by atoms with E-state index in [1.807, 2.05) is 6.92 Å². The molecule has 3 rings (SSSR count). The van der Waals surface area contributed by atoms with Gasteiger partial charge in [-0.15, -0.1) is 0 Å². The first kappa shape index (κ1) is 25.8. The molecule has 0 aliphatic heterocycles. The predicted molar refractivity (Wildman–Crippen MR) is 133 cm³/mol. The number of pyridine rings is 1. The van der Waals surface area contributed by atoms with Gasteiger partial charge in [0.15, 0.2) is 5.78 Å². The van der Waals surface area contributed by atoms with Crippen molar-refractivity contribution in [3.8, 4) is 0 Å². The van der Waals surface area contributed by atoms with Gasteiger partial charge in [0.25, 0.3) is 10.0 Å². The van der Waals surface area contributed by atoms with Crippen LogP contribution in [0.3, 0.4) is 0 Å². The van der Waals surface area contributed by atoms with Crippen LogP contribution >= 0.6 is 0 Å². The molecule has 9 nitrogen and oxygen atoms in total. The summed E-state index contributed by atoms with van der Waals surface area (Å²) in [7, 11) is -4.16. The molecule has 1 aromatic heterocycles. The van der Waals surface area contributed by atoms with E-state index in [1.54, 1.807) is 24.3 Å². The highest BCUT2D eigenvalue weighted by Crippen LogP contribution is 2.34. The van der Waals surface area contributed by atoms with Crippen LogP contribution in [-0.4, -0.2) is 37.5 Å². The van der Waals surface area contributed by atoms with E-state index in [1.165, 1.54) is 37.4 Å². The predicted octanol–water partition coefficient (Wildman–Crippen LogP) is 3.11. The van der Waals surface area contributed by atoms with Gasteiger partial charge in [-0.3, -0.25) is 24.1 Å². The number of primary amides is 1. The Bertz CT molecular complexity index is 1370. The number of carbonyl (C=O) groups excluding carboxylic acids is 3. The van der Waals surface area contributed by atoms with Crippen LogP contribution in [0.4, 0.5) is 5.69 Å². The minimum Gasteiger partial charge on any atom is -0.366 e. The number of nitrogens with two attached hydrogens (primary N) is 1. The molecule has 0 aliphatic rings. The first-order chi connectivity index (χ1) is 16.7. The van der Waals surface area contributed by atoms with Crippen LogP contribution < -0.4 is 15.8 Å². The highest BCUT2D eigenvalue weighted by atomic mass is 32.2. The summed E-state index contributed by atoms with van der Waals surface area (Å²) in [6, 6.07) is 12.7. The van der Waals surface area contributed by atoms with Crippen molar-refractivity contribution in [1.29, 1.82) is 0 Å². The lowest BCUT2D eigenvalue weighted by molar-refractivity contribution is -0.124. The fourth-order valence-electron chi connectivity index (χ4n) is 3.95. The number of fused-ring (bicyclic) bond motifs is 1. The zero-order valence-electron chi connectivity index (χ0n) is 19.6.